The van der Waals surface area contributed by atoms with Gasteiger partial charge in [-0.2, -0.15) is 12.6 Å². The van der Waals surface area contributed by atoms with Crippen molar-refractivity contribution in [3.63, 3.8) is 0 Å². The molecule has 0 bridgehead atoms. The average Bonchev–Trinajstić information content (AvgIpc) is 1.91. The first kappa shape index (κ1) is 6.62. The summed E-state index contributed by atoms with van der Waals surface area (Å²) in [7, 11) is 0. The summed E-state index contributed by atoms with van der Waals surface area (Å²) < 4.78 is 0. The Morgan fingerprint density at radius 2 is 2.44 bits per heavy atom. The van der Waals surface area contributed by atoms with E-state index in [1.165, 1.54) is 5.56 Å². The number of aryl methyl sites for hydroxylation is 1. The first-order valence-corrected chi connectivity index (χ1v) is 3.56. The van der Waals surface area contributed by atoms with Crippen molar-refractivity contribution in [2.75, 3.05) is 5.75 Å². The Morgan fingerprint density at radius 3 is 3.00 bits per heavy atom. The summed E-state index contributed by atoms with van der Waals surface area (Å²) in [6.45, 7) is 0. The number of hydrogen-bond donors (Lipinski definition) is 1. The van der Waals surface area contributed by atoms with Gasteiger partial charge in [-0.25, -0.2) is 0 Å². The number of pyridine rings is 1. The molecule has 0 saturated carbocycles. The maximum atomic E-state index is 4.10. The molecule has 2 heteroatoms. The monoisotopic (exact) mass is 139 g/mol. The van der Waals surface area contributed by atoms with Crippen molar-refractivity contribution in [1.29, 1.82) is 0 Å². The minimum atomic E-state index is 0.895. The summed E-state index contributed by atoms with van der Waals surface area (Å²) in [6, 6.07) is 4.00. The van der Waals surface area contributed by atoms with E-state index in [-0.39, 0.29) is 0 Å². The van der Waals surface area contributed by atoms with Crippen molar-refractivity contribution in [3.05, 3.63) is 30.1 Å². The normalized spacial score (nSPS) is 9.44. The number of rotatable bonds is 2. The predicted molar refractivity (Wildman–Crippen MR) is 41.8 cm³/mol. The zero-order valence-electron chi connectivity index (χ0n) is 5.12. The molecule has 0 fully saturated rings. The summed E-state index contributed by atoms with van der Waals surface area (Å²) in [4.78, 5) is 3.97. The molecule has 9 heavy (non-hydrogen) atoms. The summed E-state index contributed by atoms with van der Waals surface area (Å²) in [5, 5.41) is 0. The van der Waals surface area contributed by atoms with Crippen LogP contribution in [0.5, 0.6) is 0 Å². The van der Waals surface area contributed by atoms with E-state index in [9.17, 15) is 0 Å². The van der Waals surface area contributed by atoms with Crippen LogP contribution in [-0.2, 0) is 6.42 Å². The van der Waals surface area contributed by atoms with Gasteiger partial charge in [0, 0.05) is 12.4 Å². The van der Waals surface area contributed by atoms with Crippen LogP contribution < -0.4 is 0 Å². The lowest BCUT2D eigenvalue weighted by molar-refractivity contribution is 1.12. The summed E-state index contributed by atoms with van der Waals surface area (Å²) in [5.74, 6) is 0.895. The Hall–Kier alpha value is -0.500. The highest BCUT2D eigenvalue weighted by Gasteiger charge is 1.85. The molecule has 0 radical (unpaired) electrons. The van der Waals surface area contributed by atoms with Crippen LogP contribution in [0.25, 0.3) is 0 Å². The van der Waals surface area contributed by atoms with Crippen molar-refractivity contribution in [3.8, 4) is 0 Å². The van der Waals surface area contributed by atoms with Crippen molar-refractivity contribution in [2.24, 2.45) is 0 Å². The van der Waals surface area contributed by atoms with E-state index >= 15 is 0 Å². The van der Waals surface area contributed by atoms with E-state index in [1.807, 2.05) is 12.3 Å². The van der Waals surface area contributed by atoms with Gasteiger partial charge in [-0.1, -0.05) is 6.07 Å². The van der Waals surface area contributed by atoms with Gasteiger partial charge in [0.15, 0.2) is 0 Å². The van der Waals surface area contributed by atoms with Gasteiger partial charge in [-0.3, -0.25) is 4.98 Å². The summed E-state index contributed by atoms with van der Waals surface area (Å²) >= 11 is 4.10. The van der Waals surface area contributed by atoms with E-state index < -0.39 is 0 Å². The van der Waals surface area contributed by atoms with Gasteiger partial charge in [0.05, 0.1) is 0 Å². The summed E-state index contributed by atoms with van der Waals surface area (Å²) in [6.07, 6.45) is 4.66. The van der Waals surface area contributed by atoms with Crippen molar-refractivity contribution in [2.45, 2.75) is 6.42 Å². The van der Waals surface area contributed by atoms with Crippen LogP contribution in [0, 0.1) is 0 Å². The zero-order valence-corrected chi connectivity index (χ0v) is 6.01. The molecule has 0 aliphatic heterocycles. The molecule has 0 aliphatic carbocycles. The van der Waals surface area contributed by atoms with E-state index in [0.717, 1.165) is 12.2 Å². The highest BCUT2D eigenvalue weighted by molar-refractivity contribution is 7.80. The molecule has 1 rings (SSSR count). The van der Waals surface area contributed by atoms with Crippen LogP contribution in [0.1, 0.15) is 5.56 Å². The second kappa shape index (κ2) is 3.51. The van der Waals surface area contributed by atoms with Crippen LogP contribution in [0.4, 0.5) is 0 Å². The molecule has 0 saturated heterocycles. The smallest absolute Gasteiger partial charge is 0.0300 e. The SMILES string of the molecule is SCCc1cccnc1. The van der Waals surface area contributed by atoms with Crippen LogP contribution >= 0.6 is 12.6 Å². The van der Waals surface area contributed by atoms with Gasteiger partial charge < -0.3 is 0 Å². The molecule has 1 heterocycles. The van der Waals surface area contributed by atoms with Gasteiger partial charge in [-0.15, -0.1) is 0 Å². The third-order valence-corrected chi connectivity index (χ3v) is 1.35. The fourth-order valence-electron chi connectivity index (χ4n) is 0.675. The largest absolute Gasteiger partial charge is 0.264 e. The Morgan fingerprint density at radius 1 is 1.56 bits per heavy atom. The fraction of sp³-hybridized carbons (Fsp3) is 0.286. The lowest BCUT2D eigenvalue weighted by atomic mass is 10.2. The van der Waals surface area contributed by atoms with Crippen molar-refractivity contribution >= 4 is 12.6 Å². The molecule has 0 N–H and O–H groups in total. The van der Waals surface area contributed by atoms with Gasteiger partial charge in [0.2, 0.25) is 0 Å². The first-order valence-electron chi connectivity index (χ1n) is 2.93. The Bertz CT molecular complexity index is 162. The maximum absolute atomic E-state index is 4.10. The lowest BCUT2D eigenvalue weighted by Crippen LogP contribution is -1.84. The third-order valence-electron chi connectivity index (χ3n) is 1.12. The standard InChI is InChI=1S/C7H9NS/c9-5-3-7-2-1-4-8-6-7/h1-2,4,6,9H,3,5H2. The molecule has 0 unspecified atom stereocenters. The predicted octanol–water partition coefficient (Wildman–Crippen LogP) is 1.55. The topological polar surface area (TPSA) is 12.9 Å². The molecular weight excluding hydrogens is 130 g/mol. The minimum absolute atomic E-state index is 0.895. The van der Waals surface area contributed by atoms with E-state index in [0.29, 0.717) is 0 Å². The molecule has 48 valence electrons. The number of hydrogen-bond acceptors (Lipinski definition) is 2. The second-order valence-corrected chi connectivity index (χ2v) is 2.28. The zero-order chi connectivity index (χ0) is 6.53. The quantitative estimate of drug-likeness (QED) is 0.613. The molecule has 0 atom stereocenters. The van der Waals surface area contributed by atoms with Crippen LogP contribution in [0.2, 0.25) is 0 Å². The fourth-order valence-corrected chi connectivity index (χ4v) is 0.933. The van der Waals surface area contributed by atoms with Crippen LogP contribution in [0.15, 0.2) is 24.5 Å². The highest BCUT2D eigenvalue weighted by atomic mass is 32.1. The van der Waals surface area contributed by atoms with E-state index in [4.69, 9.17) is 0 Å². The maximum Gasteiger partial charge on any atom is 0.0300 e. The van der Waals surface area contributed by atoms with E-state index in [2.05, 4.69) is 23.7 Å². The van der Waals surface area contributed by atoms with Gasteiger partial charge in [0.1, 0.15) is 0 Å². The summed E-state index contributed by atoms with van der Waals surface area (Å²) in [5.41, 5.74) is 1.26. The van der Waals surface area contributed by atoms with Crippen LogP contribution in [0.3, 0.4) is 0 Å². The number of aromatic nitrogens is 1. The molecule has 1 aromatic heterocycles. The molecule has 0 amide bonds. The molecule has 0 spiro atoms. The first-order chi connectivity index (χ1) is 4.43. The third kappa shape index (κ3) is 2.06. The Labute approximate surface area is 60.5 Å². The van der Waals surface area contributed by atoms with Gasteiger partial charge in [0.25, 0.3) is 0 Å². The molecule has 0 aromatic carbocycles. The Kier molecular flexibility index (Phi) is 2.58. The number of nitrogens with zero attached hydrogens (tertiary/aromatic N) is 1. The minimum Gasteiger partial charge on any atom is -0.264 e. The van der Waals surface area contributed by atoms with Crippen molar-refractivity contribution < 1.29 is 0 Å². The lowest BCUT2D eigenvalue weighted by Gasteiger charge is -1.92. The van der Waals surface area contributed by atoms with E-state index in [1.54, 1.807) is 6.20 Å². The average molecular weight is 139 g/mol. The molecular formula is C7H9NS. The molecule has 1 nitrogen and oxygen atoms in total. The van der Waals surface area contributed by atoms with Crippen molar-refractivity contribution in [1.82, 2.24) is 4.98 Å². The molecule has 0 aliphatic rings. The van der Waals surface area contributed by atoms with Gasteiger partial charge >= 0.3 is 0 Å². The second-order valence-electron chi connectivity index (χ2n) is 1.83. The Balaban J connectivity index is 2.61. The van der Waals surface area contributed by atoms with Crippen LogP contribution in [-0.4, -0.2) is 10.7 Å². The highest BCUT2D eigenvalue weighted by Crippen LogP contribution is 1.96. The van der Waals surface area contributed by atoms with Gasteiger partial charge in [-0.05, 0) is 23.8 Å². The molecule has 1 aromatic rings. The number of thiol groups is 1.